The fourth-order valence-corrected chi connectivity index (χ4v) is 5.16. The lowest BCUT2D eigenvalue weighted by molar-refractivity contribution is -0.976. The molecular formula is C18H37NO. The van der Waals surface area contributed by atoms with Gasteiger partial charge in [-0.05, 0) is 64.2 Å². The monoisotopic (exact) mass is 283 g/mol. The summed E-state index contributed by atoms with van der Waals surface area (Å²) in [6, 6.07) is 2.02. The Bertz CT molecular complexity index is 216. The highest BCUT2D eigenvalue weighted by molar-refractivity contribution is 4.75. The first kappa shape index (κ1) is 18.0. The third-order valence-corrected chi connectivity index (χ3v) is 5.88. The summed E-state index contributed by atoms with van der Waals surface area (Å²) in [5.41, 5.74) is 0. The molecule has 0 amide bonds. The Morgan fingerprint density at radius 1 is 0.650 bits per heavy atom. The molecule has 0 atom stereocenters. The maximum Gasteiger partial charge on any atom is 0.0892 e. The van der Waals surface area contributed by atoms with Gasteiger partial charge in [-0.15, -0.1) is 0 Å². The van der Waals surface area contributed by atoms with Crippen molar-refractivity contribution in [2.75, 3.05) is 13.1 Å². The lowest BCUT2D eigenvalue weighted by Gasteiger charge is -2.52. The van der Waals surface area contributed by atoms with Crippen LogP contribution in [0.2, 0.25) is 0 Å². The second-order valence-corrected chi connectivity index (χ2v) is 7.13. The standard InChI is InChI=1S/C18H36N.H2O/c1-3-15-19(16-4-2,17-11-7-5-8-12-17)18-13-9-6-10-14-18;/h17-18H,3-16H2,1-2H3;1H2/q+1;/p-1. The van der Waals surface area contributed by atoms with E-state index in [2.05, 4.69) is 13.8 Å². The topological polar surface area (TPSA) is 30.0 Å². The minimum absolute atomic E-state index is 0. The molecule has 120 valence electrons. The number of quaternary nitrogens is 1. The van der Waals surface area contributed by atoms with Crippen molar-refractivity contribution >= 4 is 0 Å². The molecule has 2 saturated carbocycles. The quantitative estimate of drug-likeness (QED) is 0.623. The van der Waals surface area contributed by atoms with Crippen molar-refractivity contribution in [3.63, 3.8) is 0 Å². The second-order valence-electron chi connectivity index (χ2n) is 7.13. The first-order valence-electron chi connectivity index (χ1n) is 9.20. The molecule has 0 heterocycles. The Hall–Kier alpha value is -0.0800. The van der Waals surface area contributed by atoms with Gasteiger partial charge in [0.1, 0.15) is 0 Å². The summed E-state index contributed by atoms with van der Waals surface area (Å²) in [6.07, 6.45) is 17.9. The average Bonchev–Trinajstić information content (AvgIpc) is 2.49. The van der Waals surface area contributed by atoms with Crippen LogP contribution in [0.4, 0.5) is 0 Å². The van der Waals surface area contributed by atoms with E-state index >= 15 is 0 Å². The molecule has 0 aromatic heterocycles. The van der Waals surface area contributed by atoms with E-state index in [0.717, 1.165) is 12.1 Å². The van der Waals surface area contributed by atoms with Crippen LogP contribution in [0.15, 0.2) is 0 Å². The van der Waals surface area contributed by atoms with Crippen molar-refractivity contribution in [3.8, 4) is 0 Å². The zero-order valence-electron chi connectivity index (χ0n) is 13.9. The van der Waals surface area contributed by atoms with E-state index in [9.17, 15) is 0 Å². The van der Waals surface area contributed by atoms with Gasteiger partial charge in [-0.1, -0.05) is 26.7 Å². The van der Waals surface area contributed by atoms with Gasteiger partial charge in [0.05, 0.1) is 25.2 Å². The fraction of sp³-hybridized carbons (Fsp3) is 1.00. The molecule has 0 aliphatic heterocycles. The van der Waals surface area contributed by atoms with E-state index in [-0.39, 0.29) is 5.48 Å². The van der Waals surface area contributed by atoms with Gasteiger partial charge in [0.15, 0.2) is 0 Å². The molecule has 0 unspecified atom stereocenters. The summed E-state index contributed by atoms with van der Waals surface area (Å²) >= 11 is 0. The van der Waals surface area contributed by atoms with Crippen LogP contribution < -0.4 is 0 Å². The van der Waals surface area contributed by atoms with Crippen molar-refractivity contribution in [1.82, 2.24) is 0 Å². The first-order chi connectivity index (χ1) is 9.33. The molecule has 20 heavy (non-hydrogen) atoms. The Morgan fingerprint density at radius 2 is 1.00 bits per heavy atom. The van der Waals surface area contributed by atoms with Crippen LogP contribution in [-0.4, -0.2) is 35.1 Å². The third-order valence-electron chi connectivity index (χ3n) is 5.88. The summed E-state index contributed by atoms with van der Waals surface area (Å²) in [5.74, 6) is 0. The minimum atomic E-state index is 0. The Kier molecular flexibility index (Phi) is 8.13. The largest absolute Gasteiger partial charge is 0.870 e. The molecule has 2 rings (SSSR count). The number of rotatable bonds is 6. The first-order valence-corrected chi connectivity index (χ1v) is 9.20. The highest BCUT2D eigenvalue weighted by Crippen LogP contribution is 2.37. The highest BCUT2D eigenvalue weighted by Gasteiger charge is 2.42. The summed E-state index contributed by atoms with van der Waals surface area (Å²) in [5, 5.41) is 0. The van der Waals surface area contributed by atoms with Gasteiger partial charge >= 0.3 is 0 Å². The van der Waals surface area contributed by atoms with Crippen molar-refractivity contribution < 1.29 is 9.96 Å². The predicted molar refractivity (Wildman–Crippen MR) is 86.3 cm³/mol. The van der Waals surface area contributed by atoms with Gasteiger partial charge in [-0.25, -0.2) is 0 Å². The normalized spacial score (nSPS) is 22.5. The van der Waals surface area contributed by atoms with Gasteiger partial charge in [0.25, 0.3) is 0 Å². The van der Waals surface area contributed by atoms with Gasteiger partial charge in [0.2, 0.25) is 0 Å². The van der Waals surface area contributed by atoms with Crippen molar-refractivity contribution in [2.45, 2.75) is 103 Å². The SMILES string of the molecule is CCC[N+](CCC)(C1CCCCC1)C1CCCCC1.[OH-]. The van der Waals surface area contributed by atoms with Gasteiger partial charge in [0, 0.05) is 0 Å². The number of hydrogen-bond acceptors (Lipinski definition) is 1. The van der Waals surface area contributed by atoms with Crippen molar-refractivity contribution in [3.05, 3.63) is 0 Å². The summed E-state index contributed by atoms with van der Waals surface area (Å²) in [7, 11) is 0. The lowest BCUT2D eigenvalue weighted by Crippen LogP contribution is -2.63. The van der Waals surface area contributed by atoms with E-state index in [0.29, 0.717) is 0 Å². The van der Waals surface area contributed by atoms with E-state index in [1.807, 2.05) is 0 Å². The summed E-state index contributed by atoms with van der Waals surface area (Å²) in [6.45, 7) is 7.75. The van der Waals surface area contributed by atoms with E-state index in [1.165, 1.54) is 94.6 Å². The van der Waals surface area contributed by atoms with E-state index in [4.69, 9.17) is 0 Å². The smallest absolute Gasteiger partial charge is 0.0892 e. The van der Waals surface area contributed by atoms with Crippen LogP contribution in [0.5, 0.6) is 0 Å². The van der Waals surface area contributed by atoms with Gasteiger partial charge in [-0.2, -0.15) is 0 Å². The molecule has 0 aromatic rings. The Balaban J connectivity index is 0.00000200. The maximum atomic E-state index is 2.41. The van der Waals surface area contributed by atoms with Crippen molar-refractivity contribution in [1.29, 1.82) is 0 Å². The van der Waals surface area contributed by atoms with Crippen LogP contribution in [0.3, 0.4) is 0 Å². The lowest BCUT2D eigenvalue weighted by atomic mass is 9.85. The molecule has 0 radical (unpaired) electrons. The molecular weight excluding hydrogens is 246 g/mol. The third kappa shape index (κ3) is 3.98. The fourth-order valence-electron chi connectivity index (χ4n) is 5.16. The van der Waals surface area contributed by atoms with E-state index < -0.39 is 0 Å². The second kappa shape index (κ2) is 9.04. The Morgan fingerprint density at radius 3 is 1.30 bits per heavy atom. The molecule has 2 fully saturated rings. The van der Waals surface area contributed by atoms with Crippen LogP contribution in [0.1, 0.15) is 90.9 Å². The molecule has 2 aliphatic rings. The van der Waals surface area contributed by atoms with Gasteiger partial charge in [-0.3, -0.25) is 0 Å². The average molecular weight is 283 g/mol. The Labute approximate surface area is 126 Å². The maximum absolute atomic E-state index is 2.41. The minimum Gasteiger partial charge on any atom is -0.870 e. The highest BCUT2D eigenvalue weighted by atomic mass is 16.0. The molecule has 0 spiro atoms. The zero-order chi connectivity index (χ0) is 13.6. The molecule has 2 heteroatoms. The van der Waals surface area contributed by atoms with Crippen LogP contribution in [0, 0.1) is 0 Å². The van der Waals surface area contributed by atoms with Crippen LogP contribution >= 0.6 is 0 Å². The zero-order valence-corrected chi connectivity index (χ0v) is 13.9. The molecule has 0 bridgehead atoms. The molecule has 0 aromatic carbocycles. The van der Waals surface area contributed by atoms with Crippen molar-refractivity contribution in [2.24, 2.45) is 0 Å². The number of nitrogens with zero attached hydrogens (tertiary/aromatic N) is 1. The molecule has 1 N–H and O–H groups in total. The number of hydrogen-bond donors (Lipinski definition) is 0. The summed E-state index contributed by atoms with van der Waals surface area (Å²) in [4.78, 5) is 0. The molecule has 2 aliphatic carbocycles. The van der Waals surface area contributed by atoms with E-state index in [1.54, 1.807) is 0 Å². The molecule has 0 saturated heterocycles. The van der Waals surface area contributed by atoms with Crippen LogP contribution in [0.25, 0.3) is 0 Å². The van der Waals surface area contributed by atoms with Crippen LogP contribution in [-0.2, 0) is 0 Å². The predicted octanol–water partition coefficient (Wildman–Crippen LogP) is 5.11. The van der Waals surface area contributed by atoms with Gasteiger partial charge < -0.3 is 9.96 Å². The molecule has 2 nitrogen and oxygen atoms in total. The summed E-state index contributed by atoms with van der Waals surface area (Å²) < 4.78 is 1.52.